The van der Waals surface area contributed by atoms with E-state index < -0.39 is 0 Å². The molecule has 2 aromatic carbocycles. The van der Waals surface area contributed by atoms with Crippen molar-refractivity contribution in [3.63, 3.8) is 0 Å². The first-order valence-electron chi connectivity index (χ1n) is 9.82. The zero-order chi connectivity index (χ0) is 19.3. The van der Waals surface area contributed by atoms with Crippen LogP contribution in [0, 0.1) is 6.92 Å². The van der Waals surface area contributed by atoms with Crippen molar-refractivity contribution >= 4 is 5.91 Å². The summed E-state index contributed by atoms with van der Waals surface area (Å²) < 4.78 is 1.86. The molecule has 28 heavy (non-hydrogen) atoms. The second kappa shape index (κ2) is 8.40. The average molecular weight is 374 g/mol. The Kier molecular flexibility index (Phi) is 5.53. The molecule has 1 fully saturated rings. The highest BCUT2D eigenvalue weighted by Crippen LogP contribution is 2.14. The molecule has 5 nitrogen and oxygen atoms in total. The lowest BCUT2D eigenvalue weighted by Crippen LogP contribution is -2.48. The van der Waals surface area contributed by atoms with Gasteiger partial charge in [0.1, 0.15) is 0 Å². The highest BCUT2D eigenvalue weighted by atomic mass is 16.2. The SMILES string of the molecule is Cc1ccccc1CC(=O)N1CCN(Cc2ccc(-n3cccn3)cc2)CC1. The van der Waals surface area contributed by atoms with Crippen LogP contribution in [-0.4, -0.2) is 51.7 Å². The monoisotopic (exact) mass is 374 g/mol. The number of carbonyl (C=O) groups is 1. The molecule has 4 rings (SSSR count). The molecule has 1 aromatic heterocycles. The van der Waals surface area contributed by atoms with Crippen LogP contribution in [0.5, 0.6) is 0 Å². The Hall–Kier alpha value is -2.92. The van der Waals surface area contributed by atoms with E-state index in [4.69, 9.17) is 0 Å². The van der Waals surface area contributed by atoms with Gasteiger partial charge < -0.3 is 4.90 Å². The van der Waals surface area contributed by atoms with Gasteiger partial charge in [0, 0.05) is 45.1 Å². The van der Waals surface area contributed by atoms with Crippen molar-refractivity contribution in [3.8, 4) is 5.69 Å². The molecule has 1 aliphatic rings. The predicted octanol–water partition coefficient (Wildman–Crippen LogP) is 3.07. The number of carbonyl (C=O) groups excluding carboxylic acids is 1. The highest BCUT2D eigenvalue weighted by Gasteiger charge is 2.21. The number of aromatic nitrogens is 2. The summed E-state index contributed by atoms with van der Waals surface area (Å²) in [5.41, 5.74) is 4.68. The van der Waals surface area contributed by atoms with Gasteiger partial charge in [0.15, 0.2) is 0 Å². The van der Waals surface area contributed by atoms with Crippen molar-refractivity contribution in [2.45, 2.75) is 19.9 Å². The quantitative estimate of drug-likeness (QED) is 0.689. The maximum atomic E-state index is 12.6. The Labute approximate surface area is 166 Å². The number of hydrogen-bond donors (Lipinski definition) is 0. The number of nitrogens with zero attached hydrogens (tertiary/aromatic N) is 4. The highest BCUT2D eigenvalue weighted by molar-refractivity contribution is 5.79. The van der Waals surface area contributed by atoms with Crippen molar-refractivity contribution in [2.24, 2.45) is 0 Å². The third kappa shape index (κ3) is 4.31. The standard InChI is InChI=1S/C23H26N4O/c1-19-5-2-3-6-21(19)17-23(28)26-15-13-25(14-16-26)18-20-7-9-22(10-8-20)27-12-4-11-24-27/h2-12H,13-18H2,1H3. The smallest absolute Gasteiger partial charge is 0.227 e. The molecule has 5 heteroatoms. The number of rotatable bonds is 5. The topological polar surface area (TPSA) is 41.4 Å². The van der Waals surface area contributed by atoms with E-state index in [2.05, 4.69) is 53.3 Å². The minimum absolute atomic E-state index is 0.234. The molecule has 0 saturated carbocycles. The zero-order valence-corrected chi connectivity index (χ0v) is 16.3. The molecule has 0 spiro atoms. The van der Waals surface area contributed by atoms with Crippen LogP contribution in [0.1, 0.15) is 16.7 Å². The molecular weight excluding hydrogens is 348 g/mol. The largest absolute Gasteiger partial charge is 0.340 e. The molecule has 1 amide bonds. The second-order valence-corrected chi connectivity index (χ2v) is 7.38. The maximum Gasteiger partial charge on any atom is 0.227 e. The first kappa shape index (κ1) is 18.4. The van der Waals surface area contributed by atoms with Gasteiger partial charge in [-0.1, -0.05) is 36.4 Å². The van der Waals surface area contributed by atoms with Gasteiger partial charge in [-0.05, 0) is 41.8 Å². The molecule has 2 heterocycles. The normalized spacial score (nSPS) is 15.0. The van der Waals surface area contributed by atoms with Gasteiger partial charge in [0.2, 0.25) is 5.91 Å². The van der Waals surface area contributed by atoms with Crippen LogP contribution in [0.3, 0.4) is 0 Å². The Morgan fingerprint density at radius 3 is 2.39 bits per heavy atom. The maximum absolute atomic E-state index is 12.6. The van der Waals surface area contributed by atoms with Gasteiger partial charge in [-0.15, -0.1) is 0 Å². The molecular formula is C23H26N4O. The number of amides is 1. The molecule has 144 valence electrons. The molecule has 0 radical (unpaired) electrons. The summed E-state index contributed by atoms with van der Waals surface area (Å²) in [4.78, 5) is 17.1. The fourth-order valence-corrected chi connectivity index (χ4v) is 3.67. The lowest BCUT2D eigenvalue weighted by Gasteiger charge is -2.35. The van der Waals surface area contributed by atoms with Gasteiger partial charge in [0.05, 0.1) is 12.1 Å². The van der Waals surface area contributed by atoms with Crippen LogP contribution in [0.15, 0.2) is 67.0 Å². The van der Waals surface area contributed by atoms with Crippen LogP contribution in [-0.2, 0) is 17.8 Å². The summed E-state index contributed by atoms with van der Waals surface area (Å²) in [6, 6.07) is 18.6. The van der Waals surface area contributed by atoms with E-state index in [1.807, 2.05) is 34.0 Å². The van der Waals surface area contributed by atoms with Gasteiger partial charge in [-0.25, -0.2) is 4.68 Å². The van der Waals surface area contributed by atoms with Crippen LogP contribution in [0.4, 0.5) is 0 Å². The Bertz CT molecular complexity index is 910. The van der Waals surface area contributed by atoms with Gasteiger partial charge in [-0.3, -0.25) is 9.69 Å². The van der Waals surface area contributed by atoms with Crippen molar-refractivity contribution in [2.75, 3.05) is 26.2 Å². The van der Waals surface area contributed by atoms with Gasteiger partial charge in [-0.2, -0.15) is 5.10 Å². The third-order valence-electron chi connectivity index (χ3n) is 5.44. The molecule has 0 N–H and O–H groups in total. The zero-order valence-electron chi connectivity index (χ0n) is 16.3. The van der Waals surface area contributed by atoms with Crippen LogP contribution in [0.2, 0.25) is 0 Å². The van der Waals surface area contributed by atoms with E-state index >= 15 is 0 Å². The Balaban J connectivity index is 1.28. The third-order valence-corrected chi connectivity index (χ3v) is 5.44. The van der Waals surface area contributed by atoms with Crippen LogP contribution < -0.4 is 0 Å². The summed E-state index contributed by atoms with van der Waals surface area (Å²) in [5, 5.41) is 4.26. The van der Waals surface area contributed by atoms with E-state index in [1.54, 1.807) is 6.20 Å². The number of piperazine rings is 1. The van der Waals surface area contributed by atoms with E-state index in [0.717, 1.165) is 44.0 Å². The van der Waals surface area contributed by atoms with Crippen molar-refractivity contribution in [3.05, 3.63) is 83.7 Å². The number of hydrogen-bond acceptors (Lipinski definition) is 3. The molecule has 1 aliphatic heterocycles. The van der Waals surface area contributed by atoms with E-state index in [9.17, 15) is 4.79 Å². The summed E-state index contributed by atoms with van der Waals surface area (Å²) >= 11 is 0. The fraction of sp³-hybridized carbons (Fsp3) is 0.304. The molecule has 0 bridgehead atoms. The summed E-state index contributed by atoms with van der Waals surface area (Å²) in [6.45, 7) is 6.42. The van der Waals surface area contributed by atoms with Crippen LogP contribution >= 0.6 is 0 Å². The van der Waals surface area contributed by atoms with Crippen LogP contribution in [0.25, 0.3) is 5.69 Å². The first-order valence-corrected chi connectivity index (χ1v) is 9.82. The minimum Gasteiger partial charge on any atom is -0.340 e. The summed E-state index contributed by atoms with van der Waals surface area (Å²) in [7, 11) is 0. The second-order valence-electron chi connectivity index (χ2n) is 7.38. The first-order chi connectivity index (χ1) is 13.7. The summed E-state index contributed by atoms with van der Waals surface area (Å²) in [5.74, 6) is 0.234. The molecule has 0 aliphatic carbocycles. The predicted molar refractivity (Wildman–Crippen MR) is 110 cm³/mol. The van der Waals surface area contributed by atoms with E-state index in [1.165, 1.54) is 11.1 Å². The Morgan fingerprint density at radius 2 is 1.71 bits per heavy atom. The van der Waals surface area contributed by atoms with Crippen molar-refractivity contribution in [1.29, 1.82) is 0 Å². The number of benzene rings is 2. The van der Waals surface area contributed by atoms with Gasteiger partial charge >= 0.3 is 0 Å². The molecule has 1 saturated heterocycles. The molecule has 0 atom stereocenters. The van der Waals surface area contributed by atoms with Crippen molar-refractivity contribution < 1.29 is 4.79 Å². The fourth-order valence-electron chi connectivity index (χ4n) is 3.67. The lowest BCUT2D eigenvalue weighted by molar-refractivity contribution is -0.132. The van der Waals surface area contributed by atoms with Gasteiger partial charge in [0.25, 0.3) is 0 Å². The molecule has 3 aromatic rings. The average Bonchev–Trinajstić information content (AvgIpc) is 3.26. The van der Waals surface area contributed by atoms with E-state index in [-0.39, 0.29) is 5.91 Å². The Morgan fingerprint density at radius 1 is 0.964 bits per heavy atom. The van der Waals surface area contributed by atoms with Crippen molar-refractivity contribution in [1.82, 2.24) is 19.6 Å². The van der Waals surface area contributed by atoms with E-state index in [0.29, 0.717) is 6.42 Å². The molecule has 0 unspecified atom stereocenters. The minimum atomic E-state index is 0.234. The lowest BCUT2D eigenvalue weighted by atomic mass is 10.1. The summed E-state index contributed by atoms with van der Waals surface area (Å²) in [6.07, 6.45) is 4.23. The number of aryl methyl sites for hydroxylation is 1.